The molecular weight excluding hydrogens is 252 g/mol. The Bertz CT molecular complexity index is 322. The number of aromatic nitrogens is 1. The second-order valence-electron chi connectivity index (χ2n) is 5.48. The van der Waals surface area contributed by atoms with Crippen LogP contribution in [0.3, 0.4) is 0 Å². The molecule has 3 heteroatoms. The van der Waals surface area contributed by atoms with Gasteiger partial charge in [-0.15, -0.1) is 11.3 Å². The number of aryl methyl sites for hydroxylation is 1. The highest BCUT2D eigenvalue weighted by molar-refractivity contribution is 7.09. The van der Waals surface area contributed by atoms with E-state index in [0.29, 0.717) is 6.04 Å². The lowest BCUT2D eigenvalue weighted by molar-refractivity contribution is 0.520. The molecule has 0 spiro atoms. The molecule has 1 unspecified atom stereocenters. The van der Waals surface area contributed by atoms with Gasteiger partial charge in [-0.2, -0.15) is 0 Å². The molecule has 2 nitrogen and oxygen atoms in total. The van der Waals surface area contributed by atoms with Crippen LogP contribution >= 0.6 is 11.3 Å². The number of thiazole rings is 1. The number of rotatable bonds is 11. The summed E-state index contributed by atoms with van der Waals surface area (Å²) >= 11 is 1.76. The summed E-state index contributed by atoms with van der Waals surface area (Å²) in [4.78, 5) is 4.52. The summed E-state index contributed by atoms with van der Waals surface area (Å²) in [5, 5.41) is 6.92. The molecule has 1 aromatic rings. The van der Waals surface area contributed by atoms with E-state index in [1.165, 1.54) is 56.4 Å². The summed E-state index contributed by atoms with van der Waals surface area (Å²) in [6.45, 7) is 7.67. The van der Waals surface area contributed by atoms with Crippen LogP contribution in [0.1, 0.15) is 82.0 Å². The van der Waals surface area contributed by atoms with Gasteiger partial charge in [-0.05, 0) is 26.8 Å². The van der Waals surface area contributed by atoms with Gasteiger partial charge in [0.05, 0.1) is 6.04 Å². The molecule has 1 N–H and O–H groups in total. The predicted molar refractivity (Wildman–Crippen MR) is 85.9 cm³/mol. The van der Waals surface area contributed by atoms with E-state index < -0.39 is 0 Å². The number of unbranched alkanes of at least 4 members (excludes halogenated alkanes) is 7. The molecule has 19 heavy (non-hydrogen) atoms. The van der Waals surface area contributed by atoms with Crippen molar-refractivity contribution in [3.05, 3.63) is 16.1 Å². The molecule has 0 radical (unpaired) electrons. The predicted octanol–water partition coefficient (Wildman–Crippen LogP) is 5.24. The highest BCUT2D eigenvalue weighted by Gasteiger charge is 2.07. The number of nitrogens with one attached hydrogen (secondary N) is 1. The van der Waals surface area contributed by atoms with Crippen molar-refractivity contribution in [3.63, 3.8) is 0 Å². The number of nitrogens with zero attached hydrogens (tertiary/aromatic N) is 1. The zero-order chi connectivity index (χ0) is 13.9. The molecule has 110 valence electrons. The maximum absolute atomic E-state index is 4.52. The fourth-order valence-corrected chi connectivity index (χ4v) is 3.06. The van der Waals surface area contributed by atoms with Crippen molar-refractivity contribution in [2.75, 3.05) is 6.54 Å². The first-order valence-electron chi connectivity index (χ1n) is 7.89. The lowest BCUT2D eigenvalue weighted by Crippen LogP contribution is -2.19. The molecule has 1 heterocycles. The van der Waals surface area contributed by atoms with Crippen molar-refractivity contribution in [2.45, 2.75) is 78.2 Å². The number of hydrogen-bond acceptors (Lipinski definition) is 3. The van der Waals surface area contributed by atoms with Crippen LogP contribution in [0.4, 0.5) is 0 Å². The van der Waals surface area contributed by atoms with E-state index in [-0.39, 0.29) is 0 Å². The Morgan fingerprint density at radius 1 is 1.11 bits per heavy atom. The maximum Gasteiger partial charge on any atom is 0.110 e. The zero-order valence-electron chi connectivity index (χ0n) is 12.9. The largest absolute Gasteiger partial charge is 0.308 e. The monoisotopic (exact) mass is 282 g/mol. The SMILES string of the molecule is CCCCCCCCCCNC(C)c1nc(C)cs1. The fourth-order valence-electron chi connectivity index (χ4n) is 2.24. The van der Waals surface area contributed by atoms with Gasteiger partial charge < -0.3 is 5.32 Å². The van der Waals surface area contributed by atoms with Gasteiger partial charge in [-0.25, -0.2) is 4.98 Å². The third kappa shape index (κ3) is 7.68. The molecular formula is C16H30N2S. The Kier molecular flexibility index (Phi) is 9.10. The van der Waals surface area contributed by atoms with Crippen LogP contribution in [0, 0.1) is 6.92 Å². The van der Waals surface area contributed by atoms with Gasteiger partial charge in [0.2, 0.25) is 0 Å². The van der Waals surface area contributed by atoms with Crippen LogP contribution in [0.5, 0.6) is 0 Å². The van der Waals surface area contributed by atoms with E-state index >= 15 is 0 Å². The van der Waals surface area contributed by atoms with Gasteiger partial charge in [-0.1, -0.05) is 51.9 Å². The van der Waals surface area contributed by atoms with Gasteiger partial charge in [0, 0.05) is 11.1 Å². The normalized spacial score (nSPS) is 12.8. The van der Waals surface area contributed by atoms with Crippen molar-refractivity contribution in [2.24, 2.45) is 0 Å². The molecule has 0 saturated heterocycles. The second-order valence-corrected chi connectivity index (χ2v) is 6.37. The summed E-state index contributed by atoms with van der Waals surface area (Å²) in [6, 6.07) is 0.406. The Hall–Kier alpha value is -0.410. The average Bonchev–Trinajstić information content (AvgIpc) is 2.83. The molecule has 1 rings (SSSR count). The van der Waals surface area contributed by atoms with E-state index in [9.17, 15) is 0 Å². The third-order valence-corrected chi connectivity index (χ3v) is 4.63. The van der Waals surface area contributed by atoms with Gasteiger partial charge in [0.1, 0.15) is 5.01 Å². The molecule has 0 amide bonds. The fraction of sp³-hybridized carbons (Fsp3) is 0.812. The maximum atomic E-state index is 4.52. The van der Waals surface area contributed by atoms with Crippen LogP contribution in [-0.2, 0) is 0 Å². The summed E-state index contributed by atoms with van der Waals surface area (Å²) in [6.07, 6.45) is 11.1. The summed E-state index contributed by atoms with van der Waals surface area (Å²) in [7, 11) is 0. The first-order valence-corrected chi connectivity index (χ1v) is 8.77. The van der Waals surface area contributed by atoms with Crippen LogP contribution in [0.15, 0.2) is 5.38 Å². The molecule has 0 aromatic carbocycles. The molecule has 1 atom stereocenters. The zero-order valence-corrected chi connectivity index (χ0v) is 13.7. The lowest BCUT2D eigenvalue weighted by atomic mass is 10.1. The van der Waals surface area contributed by atoms with Crippen LogP contribution in [0.25, 0.3) is 0 Å². The summed E-state index contributed by atoms with van der Waals surface area (Å²) in [5.74, 6) is 0. The van der Waals surface area contributed by atoms with E-state index in [2.05, 4.69) is 36.5 Å². The quantitative estimate of drug-likeness (QED) is 0.561. The summed E-state index contributed by atoms with van der Waals surface area (Å²) in [5.41, 5.74) is 1.14. The Morgan fingerprint density at radius 3 is 2.32 bits per heavy atom. The van der Waals surface area contributed by atoms with Gasteiger partial charge in [0.15, 0.2) is 0 Å². The Morgan fingerprint density at radius 2 is 1.74 bits per heavy atom. The summed E-state index contributed by atoms with van der Waals surface area (Å²) < 4.78 is 0. The van der Waals surface area contributed by atoms with E-state index in [1.54, 1.807) is 11.3 Å². The van der Waals surface area contributed by atoms with Crippen LogP contribution in [-0.4, -0.2) is 11.5 Å². The van der Waals surface area contributed by atoms with Crippen molar-refractivity contribution < 1.29 is 0 Å². The molecule has 1 aromatic heterocycles. The molecule has 0 aliphatic heterocycles. The first kappa shape index (κ1) is 16.6. The van der Waals surface area contributed by atoms with Crippen LogP contribution < -0.4 is 5.32 Å². The second kappa shape index (κ2) is 10.4. The average molecular weight is 282 g/mol. The molecule has 0 aliphatic carbocycles. The Balaban J connectivity index is 1.93. The standard InChI is InChI=1S/C16H30N2S/c1-4-5-6-7-8-9-10-11-12-17-15(3)16-18-14(2)13-19-16/h13,15,17H,4-12H2,1-3H3. The minimum atomic E-state index is 0.406. The van der Waals surface area contributed by atoms with E-state index in [4.69, 9.17) is 0 Å². The van der Waals surface area contributed by atoms with Crippen molar-refractivity contribution in [1.82, 2.24) is 10.3 Å². The van der Waals surface area contributed by atoms with Crippen molar-refractivity contribution in [3.8, 4) is 0 Å². The Labute approximate surface area is 123 Å². The van der Waals surface area contributed by atoms with E-state index in [1.807, 2.05) is 0 Å². The highest BCUT2D eigenvalue weighted by Crippen LogP contribution is 2.17. The van der Waals surface area contributed by atoms with Crippen molar-refractivity contribution in [1.29, 1.82) is 0 Å². The van der Waals surface area contributed by atoms with Gasteiger partial charge in [0.25, 0.3) is 0 Å². The highest BCUT2D eigenvalue weighted by atomic mass is 32.1. The minimum absolute atomic E-state index is 0.406. The lowest BCUT2D eigenvalue weighted by Gasteiger charge is -2.10. The minimum Gasteiger partial charge on any atom is -0.308 e. The molecule has 0 aliphatic rings. The number of hydrogen-bond donors (Lipinski definition) is 1. The van der Waals surface area contributed by atoms with E-state index in [0.717, 1.165) is 12.2 Å². The third-order valence-electron chi connectivity index (χ3n) is 3.49. The molecule has 0 saturated carbocycles. The topological polar surface area (TPSA) is 24.9 Å². The molecule has 0 fully saturated rings. The van der Waals surface area contributed by atoms with Crippen LogP contribution in [0.2, 0.25) is 0 Å². The first-order chi connectivity index (χ1) is 9.24. The van der Waals surface area contributed by atoms with Gasteiger partial charge in [-0.3, -0.25) is 0 Å². The molecule has 0 bridgehead atoms. The smallest absolute Gasteiger partial charge is 0.110 e. The van der Waals surface area contributed by atoms with Crippen molar-refractivity contribution >= 4 is 11.3 Å². The van der Waals surface area contributed by atoms with Gasteiger partial charge >= 0.3 is 0 Å².